The highest BCUT2D eigenvalue weighted by Crippen LogP contribution is 2.28. The summed E-state index contributed by atoms with van der Waals surface area (Å²) in [6.07, 6.45) is 5.36. The maximum absolute atomic E-state index is 11.9. The number of hydroxylamine groups is 2. The second-order valence-corrected chi connectivity index (χ2v) is 4.20. The second kappa shape index (κ2) is 3.85. The van der Waals surface area contributed by atoms with E-state index in [1.54, 1.807) is 5.06 Å². The molecule has 3 heteroatoms. The fraction of sp³-hybridized carbons (Fsp3) is 0.308. The van der Waals surface area contributed by atoms with E-state index in [4.69, 9.17) is 4.84 Å². The summed E-state index contributed by atoms with van der Waals surface area (Å²) in [6.45, 7) is 0.343. The van der Waals surface area contributed by atoms with Crippen LogP contribution in [-0.2, 0) is 4.84 Å². The molecule has 2 bridgehead atoms. The minimum atomic E-state index is 0.113. The van der Waals surface area contributed by atoms with Crippen molar-refractivity contribution in [3.8, 4) is 0 Å². The quantitative estimate of drug-likeness (QED) is 0.569. The van der Waals surface area contributed by atoms with Gasteiger partial charge in [-0.15, -0.1) is 0 Å². The van der Waals surface area contributed by atoms with E-state index in [-0.39, 0.29) is 17.9 Å². The van der Waals surface area contributed by atoms with Crippen LogP contribution in [0.25, 0.3) is 0 Å². The Bertz CT molecular complexity index is 427. The van der Waals surface area contributed by atoms with Gasteiger partial charge in [-0.05, 0) is 0 Å². The van der Waals surface area contributed by atoms with E-state index in [2.05, 4.69) is 12.2 Å². The van der Waals surface area contributed by atoms with Gasteiger partial charge in [-0.3, -0.25) is 9.63 Å². The van der Waals surface area contributed by atoms with E-state index >= 15 is 0 Å². The lowest BCUT2D eigenvalue weighted by atomic mass is 10.1. The molecule has 0 N–H and O–H groups in total. The van der Waals surface area contributed by atoms with Crippen LogP contribution < -0.4 is 0 Å². The average Bonchev–Trinajstić information content (AvgIpc) is 2.92. The molecule has 2 aliphatic rings. The molecular formula is C13H13NO2. The van der Waals surface area contributed by atoms with E-state index in [0.29, 0.717) is 6.54 Å². The molecule has 1 aromatic rings. The van der Waals surface area contributed by atoms with Crippen molar-refractivity contribution >= 4 is 5.78 Å². The van der Waals surface area contributed by atoms with Gasteiger partial charge in [0, 0.05) is 12.0 Å². The molecule has 0 amide bonds. The molecule has 2 atom stereocenters. The first-order valence-corrected chi connectivity index (χ1v) is 5.53. The predicted molar refractivity (Wildman–Crippen MR) is 59.9 cm³/mol. The third-order valence-electron chi connectivity index (χ3n) is 3.06. The van der Waals surface area contributed by atoms with Gasteiger partial charge in [-0.1, -0.05) is 42.5 Å². The van der Waals surface area contributed by atoms with Gasteiger partial charge < -0.3 is 0 Å². The molecule has 0 spiro atoms. The zero-order valence-electron chi connectivity index (χ0n) is 8.87. The third kappa shape index (κ3) is 1.68. The molecule has 82 valence electrons. The van der Waals surface area contributed by atoms with Crippen molar-refractivity contribution in [2.75, 3.05) is 6.54 Å². The van der Waals surface area contributed by atoms with Crippen LogP contribution >= 0.6 is 0 Å². The summed E-state index contributed by atoms with van der Waals surface area (Å²) >= 11 is 0. The van der Waals surface area contributed by atoms with Crippen LogP contribution in [0.5, 0.6) is 0 Å². The average molecular weight is 215 g/mol. The normalized spacial score (nSPS) is 27.5. The van der Waals surface area contributed by atoms with E-state index in [9.17, 15) is 4.79 Å². The van der Waals surface area contributed by atoms with Gasteiger partial charge in [0.25, 0.3) is 0 Å². The van der Waals surface area contributed by atoms with E-state index in [1.807, 2.05) is 30.3 Å². The molecule has 1 saturated heterocycles. The van der Waals surface area contributed by atoms with Gasteiger partial charge in [0.1, 0.15) is 0 Å². The number of Topliss-reactive ketones (excluding diaryl/α,β-unsaturated/α-hetero) is 1. The van der Waals surface area contributed by atoms with Crippen LogP contribution in [0.2, 0.25) is 0 Å². The number of carbonyl (C=O) groups is 1. The maximum atomic E-state index is 11.9. The Kier molecular flexibility index (Phi) is 2.35. The number of rotatable bonds is 3. The maximum Gasteiger partial charge on any atom is 0.179 e. The minimum absolute atomic E-state index is 0.113. The van der Waals surface area contributed by atoms with Crippen LogP contribution in [0.3, 0.4) is 0 Å². The number of hydrogen-bond donors (Lipinski definition) is 0. The predicted octanol–water partition coefficient (Wildman–Crippen LogP) is 1.81. The fourth-order valence-electron chi connectivity index (χ4n) is 2.20. The zero-order valence-corrected chi connectivity index (χ0v) is 8.87. The molecule has 0 radical (unpaired) electrons. The van der Waals surface area contributed by atoms with E-state index in [0.717, 1.165) is 12.0 Å². The van der Waals surface area contributed by atoms with Crippen molar-refractivity contribution in [3.05, 3.63) is 48.0 Å². The number of fused-ring (bicyclic) bond motifs is 2. The SMILES string of the molecule is O=C(CN1O[C@@H]2C=C[C@H]1C2)c1ccccc1. The molecular weight excluding hydrogens is 202 g/mol. The van der Waals surface area contributed by atoms with Gasteiger partial charge >= 0.3 is 0 Å². The van der Waals surface area contributed by atoms with Crippen molar-refractivity contribution in [1.29, 1.82) is 0 Å². The monoisotopic (exact) mass is 215 g/mol. The van der Waals surface area contributed by atoms with Crippen LogP contribution in [0.1, 0.15) is 16.8 Å². The number of nitrogens with zero attached hydrogens (tertiary/aromatic N) is 1. The Morgan fingerprint density at radius 2 is 2.12 bits per heavy atom. The van der Waals surface area contributed by atoms with E-state index < -0.39 is 0 Å². The first kappa shape index (κ1) is 9.75. The van der Waals surface area contributed by atoms with Crippen LogP contribution in [-0.4, -0.2) is 29.5 Å². The lowest BCUT2D eigenvalue weighted by Gasteiger charge is -2.21. The summed E-state index contributed by atoms with van der Waals surface area (Å²) in [7, 11) is 0. The number of benzene rings is 1. The van der Waals surface area contributed by atoms with Crippen LogP contribution in [0, 0.1) is 0 Å². The number of carbonyl (C=O) groups excluding carboxylic acids is 1. The summed E-state index contributed by atoms with van der Waals surface area (Å²) in [5.41, 5.74) is 0.748. The molecule has 1 aliphatic carbocycles. The summed E-state index contributed by atoms with van der Waals surface area (Å²) < 4.78 is 0. The van der Waals surface area contributed by atoms with Gasteiger partial charge in [0.15, 0.2) is 5.78 Å². The van der Waals surface area contributed by atoms with Crippen molar-refractivity contribution in [1.82, 2.24) is 5.06 Å². The first-order valence-electron chi connectivity index (χ1n) is 5.53. The Labute approximate surface area is 94.3 Å². The zero-order chi connectivity index (χ0) is 11.0. The smallest absolute Gasteiger partial charge is 0.179 e. The van der Waals surface area contributed by atoms with Crippen molar-refractivity contribution in [3.63, 3.8) is 0 Å². The van der Waals surface area contributed by atoms with Gasteiger partial charge in [-0.25, -0.2) is 0 Å². The number of ketones is 1. The highest BCUT2D eigenvalue weighted by atomic mass is 16.7. The standard InChI is InChI=1S/C13H13NO2/c15-13(10-4-2-1-3-5-10)9-14-11-6-7-12(8-11)16-14/h1-7,11-12H,8-9H2/t11-,12+/m0/s1. The third-order valence-corrected chi connectivity index (χ3v) is 3.06. The molecule has 1 heterocycles. The molecule has 1 fully saturated rings. The molecule has 1 aromatic carbocycles. The van der Waals surface area contributed by atoms with Crippen LogP contribution in [0.4, 0.5) is 0 Å². The first-order chi connectivity index (χ1) is 7.83. The van der Waals surface area contributed by atoms with Crippen molar-refractivity contribution in [2.24, 2.45) is 0 Å². The van der Waals surface area contributed by atoms with Crippen molar-refractivity contribution in [2.45, 2.75) is 18.6 Å². The topological polar surface area (TPSA) is 29.5 Å². The highest BCUT2D eigenvalue weighted by Gasteiger charge is 2.35. The van der Waals surface area contributed by atoms with E-state index in [1.165, 1.54) is 0 Å². The Balaban J connectivity index is 1.68. The fourth-order valence-corrected chi connectivity index (χ4v) is 2.20. The summed E-state index contributed by atoms with van der Waals surface area (Å²) in [5.74, 6) is 0.113. The minimum Gasteiger partial charge on any atom is -0.293 e. The molecule has 16 heavy (non-hydrogen) atoms. The molecule has 1 aliphatic heterocycles. The molecule has 0 aromatic heterocycles. The van der Waals surface area contributed by atoms with Crippen LogP contribution in [0.15, 0.2) is 42.5 Å². The molecule has 3 nitrogen and oxygen atoms in total. The second-order valence-electron chi connectivity index (χ2n) is 4.20. The Morgan fingerprint density at radius 3 is 2.75 bits per heavy atom. The summed E-state index contributed by atoms with van der Waals surface area (Å²) in [4.78, 5) is 17.5. The lowest BCUT2D eigenvalue weighted by Crippen LogP contribution is -2.33. The molecule has 0 saturated carbocycles. The lowest BCUT2D eigenvalue weighted by molar-refractivity contribution is -0.142. The molecule has 3 rings (SSSR count). The number of hydrogen-bond acceptors (Lipinski definition) is 3. The molecule has 0 unspecified atom stereocenters. The Hall–Kier alpha value is -1.45. The largest absolute Gasteiger partial charge is 0.293 e. The van der Waals surface area contributed by atoms with Crippen molar-refractivity contribution < 1.29 is 9.63 Å². The summed E-state index contributed by atoms with van der Waals surface area (Å²) in [5, 5.41) is 1.79. The highest BCUT2D eigenvalue weighted by molar-refractivity contribution is 5.97. The summed E-state index contributed by atoms with van der Waals surface area (Å²) in [6, 6.07) is 9.64. The Morgan fingerprint density at radius 1 is 1.31 bits per heavy atom. The van der Waals surface area contributed by atoms with Gasteiger partial charge in [0.05, 0.1) is 18.7 Å². The van der Waals surface area contributed by atoms with Gasteiger partial charge in [0.2, 0.25) is 0 Å². The van der Waals surface area contributed by atoms with Gasteiger partial charge in [-0.2, -0.15) is 5.06 Å².